The molecule has 1 atom stereocenters. The molecule has 0 aromatic heterocycles. The third-order valence-electron chi connectivity index (χ3n) is 3.75. The van der Waals surface area contributed by atoms with Gasteiger partial charge in [-0.15, -0.1) is 6.58 Å². The summed E-state index contributed by atoms with van der Waals surface area (Å²) in [6, 6.07) is 2.14. The highest BCUT2D eigenvalue weighted by Crippen LogP contribution is 2.43. The van der Waals surface area contributed by atoms with Crippen molar-refractivity contribution in [2.24, 2.45) is 0 Å². The lowest BCUT2D eigenvalue weighted by Gasteiger charge is -2.35. The molecule has 0 radical (unpaired) electrons. The van der Waals surface area contributed by atoms with Crippen molar-refractivity contribution in [3.05, 3.63) is 40.4 Å². The molecular weight excluding hydrogens is 361 g/mol. The van der Waals surface area contributed by atoms with Crippen LogP contribution in [0.3, 0.4) is 0 Å². The Bertz CT molecular complexity index is 542. The molecule has 0 bridgehead atoms. The number of aromatic hydroxyl groups is 1. The summed E-state index contributed by atoms with van der Waals surface area (Å²) in [7, 11) is 0. The summed E-state index contributed by atoms with van der Waals surface area (Å²) in [5.41, 5.74) is -0.732. The van der Waals surface area contributed by atoms with Gasteiger partial charge in [0.05, 0.1) is 5.56 Å². The first-order valence-corrected chi connectivity index (χ1v) is 7.79. The first-order chi connectivity index (χ1) is 10.3. The van der Waals surface area contributed by atoms with Gasteiger partial charge >= 0.3 is 6.18 Å². The predicted octanol–water partition coefficient (Wildman–Crippen LogP) is 3.70. The highest BCUT2D eigenvalue weighted by atomic mass is 79.9. The van der Waals surface area contributed by atoms with E-state index >= 15 is 0 Å². The lowest BCUT2D eigenvalue weighted by atomic mass is 9.97. The third kappa shape index (κ3) is 3.83. The number of nitrogens with zero attached hydrogens (tertiary/aromatic N) is 1. The van der Waals surface area contributed by atoms with Crippen LogP contribution in [0.25, 0.3) is 0 Å². The van der Waals surface area contributed by atoms with Crippen molar-refractivity contribution in [2.45, 2.75) is 18.6 Å². The number of phenolic OH excluding ortho intramolecular Hbond substituents is 1. The van der Waals surface area contributed by atoms with Crippen molar-refractivity contribution in [3.8, 4) is 5.75 Å². The quantitative estimate of drug-likeness (QED) is 0.784. The number of hydrogen-bond donors (Lipinski definition) is 2. The van der Waals surface area contributed by atoms with Crippen LogP contribution in [0, 0.1) is 0 Å². The molecule has 1 saturated heterocycles. The van der Waals surface area contributed by atoms with Crippen molar-refractivity contribution in [1.29, 1.82) is 0 Å². The van der Waals surface area contributed by atoms with Gasteiger partial charge in [-0.2, -0.15) is 13.2 Å². The van der Waals surface area contributed by atoms with Crippen LogP contribution in [-0.2, 0) is 6.18 Å². The molecule has 1 heterocycles. The van der Waals surface area contributed by atoms with E-state index in [0.29, 0.717) is 24.0 Å². The minimum atomic E-state index is -4.59. The Hall–Kier alpha value is -1.05. The smallest absolute Gasteiger partial charge is 0.420 e. The van der Waals surface area contributed by atoms with Gasteiger partial charge in [-0.05, 0) is 18.6 Å². The molecule has 1 fully saturated rings. The lowest BCUT2D eigenvalue weighted by molar-refractivity contribution is -0.138. The highest BCUT2D eigenvalue weighted by molar-refractivity contribution is 9.10. The Labute approximate surface area is 135 Å². The normalized spacial score (nSPS) is 18.2. The topological polar surface area (TPSA) is 35.5 Å². The second kappa shape index (κ2) is 7.02. The number of alkyl halides is 3. The predicted molar refractivity (Wildman–Crippen MR) is 82.8 cm³/mol. The second-order valence-corrected chi connectivity index (χ2v) is 6.13. The van der Waals surface area contributed by atoms with Gasteiger partial charge in [0, 0.05) is 42.3 Å². The Morgan fingerprint density at radius 3 is 2.55 bits per heavy atom. The fourth-order valence-corrected chi connectivity index (χ4v) is 3.19. The summed E-state index contributed by atoms with van der Waals surface area (Å²) in [5.74, 6) is -0.693. The minimum absolute atomic E-state index is 0.281. The molecule has 1 aromatic rings. The number of phenols is 1. The standard InChI is InChI=1S/C15H18BrF3N2O/c1-2-3-13(21-6-4-20-5-7-21)11-8-10(16)9-12(14(11)22)15(17,18)19/h2,8-9,13,20,22H,1,3-7H2/t13-/m1/s1. The molecule has 1 aromatic carbocycles. The van der Waals surface area contributed by atoms with E-state index in [0.717, 1.165) is 19.2 Å². The van der Waals surface area contributed by atoms with Crippen molar-refractivity contribution >= 4 is 15.9 Å². The van der Waals surface area contributed by atoms with Crippen LogP contribution in [0.2, 0.25) is 0 Å². The third-order valence-corrected chi connectivity index (χ3v) is 4.21. The van der Waals surface area contributed by atoms with Gasteiger partial charge in [0.15, 0.2) is 0 Å². The molecule has 7 heteroatoms. The zero-order valence-corrected chi connectivity index (χ0v) is 13.5. The van der Waals surface area contributed by atoms with Crippen LogP contribution in [-0.4, -0.2) is 36.2 Å². The number of hydrogen-bond acceptors (Lipinski definition) is 3. The van der Waals surface area contributed by atoms with E-state index in [1.54, 1.807) is 12.1 Å². The van der Waals surface area contributed by atoms with E-state index in [2.05, 4.69) is 32.7 Å². The van der Waals surface area contributed by atoms with Crippen LogP contribution < -0.4 is 5.32 Å². The van der Waals surface area contributed by atoms with Crippen molar-refractivity contribution in [1.82, 2.24) is 10.2 Å². The molecule has 2 N–H and O–H groups in total. The van der Waals surface area contributed by atoms with Gasteiger partial charge in [0.25, 0.3) is 0 Å². The van der Waals surface area contributed by atoms with E-state index in [-0.39, 0.29) is 11.6 Å². The molecule has 1 aliphatic rings. The number of rotatable bonds is 4. The van der Waals surface area contributed by atoms with Crippen molar-refractivity contribution < 1.29 is 18.3 Å². The maximum absolute atomic E-state index is 13.1. The fourth-order valence-electron chi connectivity index (χ4n) is 2.71. The van der Waals surface area contributed by atoms with Crippen LogP contribution in [0.15, 0.2) is 29.3 Å². The van der Waals surface area contributed by atoms with E-state index in [9.17, 15) is 18.3 Å². The summed E-state index contributed by atoms with van der Waals surface area (Å²) < 4.78 is 39.5. The first-order valence-electron chi connectivity index (χ1n) is 7.00. The van der Waals surface area contributed by atoms with Crippen LogP contribution >= 0.6 is 15.9 Å². The Balaban J connectivity index is 2.46. The monoisotopic (exact) mass is 378 g/mol. The molecule has 0 aliphatic carbocycles. The average Bonchev–Trinajstić information content (AvgIpc) is 2.47. The van der Waals surface area contributed by atoms with Gasteiger partial charge in [-0.3, -0.25) is 4.90 Å². The second-order valence-electron chi connectivity index (χ2n) is 5.22. The van der Waals surface area contributed by atoms with Crippen LogP contribution in [0.4, 0.5) is 13.2 Å². The summed E-state index contributed by atoms with van der Waals surface area (Å²) in [4.78, 5) is 2.07. The van der Waals surface area contributed by atoms with Gasteiger partial charge in [0.2, 0.25) is 0 Å². The largest absolute Gasteiger partial charge is 0.507 e. The minimum Gasteiger partial charge on any atom is -0.507 e. The summed E-state index contributed by atoms with van der Waals surface area (Å²) in [6.07, 6.45) is -2.45. The molecule has 0 amide bonds. The number of nitrogens with one attached hydrogen (secondary N) is 1. The summed E-state index contributed by atoms with van der Waals surface area (Å²) >= 11 is 3.12. The van der Waals surface area contributed by atoms with Gasteiger partial charge in [-0.25, -0.2) is 0 Å². The fraction of sp³-hybridized carbons (Fsp3) is 0.467. The van der Waals surface area contributed by atoms with Crippen molar-refractivity contribution in [2.75, 3.05) is 26.2 Å². The number of halogens is 4. The van der Waals surface area contributed by atoms with E-state index in [1.165, 1.54) is 0 Å². The molecule has 3 nitrogen and oxygen atoms in total. The molecule has 0 spiro atoms. The molecule has 0 unspecified atom stereocenters. The van der Waals surface area contributed by atoms with E-state index < -0.39 is 17.5 Å². The Morgan fingerprint density at radius 2 is 2.00 bits per heavy atom. The van der Waals surface area contributed by atoms with Crippen LogP contribution in [0.5, 0.6) is 5.75 Å². The lowest BCUT2D eigenvalue weighted by Crippen LogP contribution is -2.45. The molecule has 22 heavy (non-hydrogen) atoms. The van der Waals surface area contributed by atoms with Gasteiger partial charge < -0.3 is 10.4 Å². The maximum Gasteiger partial charge on any atom is 0.420 e. The van der Waals surface area contributed by atoms with Gasteiger partial charge in [-0.1, -0.05) is 22.0 Å². The SMILES string of the molecule is C=CC[C@H](c1cc(Br)cc(C(F)(F)F)c1O)N1CCNCC1. The average molecular weight is 379 g/mol. The van der Waals surface area contributed by atoms with Crippen LogP contribution in [0.1, 0.15) is 23.6 Å². The molecule has 2 rings (SSSR count). The van der Waals surface area contributed by atoms with E-state index in [1.807, 2.05) is 0 Å². The molecule has 0 saturated carbocycles. The molecule has 122 valence electrons. The van der Waals surface area contributed by atoms with E-state index in [4.69, 9.17) is 0 Å². The number of benzene rings is 1. The Morgan fingerprint density at radius 1 is 1.36 bits per heavy atom. The zero-order chi connectivity index (χ0) is 16.3. The number of piperazine rings is 1. The van der Waals surface area contributed by atoms with Gasteiger partial charge in [0.1, 0.15) is 5.75 Å². The first kappa shape index (κ1) is 17.3. The Kier molecular flexibility index (Phi) is 5.52. The zero-order valence-electron chi connectivity index (χ0n) is 12.0. The summed E-state index contributed by atoms with van der Waals surface area (Å²) in [5, 5.41) is 13.4. The highest BCUT2D eigenvalue weighted by Gasteiger charge is 2.37. The molecule has 1 aliphatic heterocycles. The maximum atomic E-state index is 13.1. The summed E-state index contributed by atoms with van der Waals surface area (Å²) in [6.45, 7) is 6.66. The van der Waals surface area contributed by atoms with Crippen molar-refractivity contribution in [3.63, 3.8) is 0 Å². The molecular formula is C15H18BrF3N2O.